The monoisotopic (exact) mass is 848 g/mol. The second-order valence-corrected chi connectivity index (χ2v) is 20.4. The number of aryl methyl sites for hydroxylation is 1. The van der Waals surface area contributed by atoms with Crippen LogP contribution >= 0.6 is 0 Å². The molecule has 16 heteroatoms. The maximum atomic E-state index is 14.1. The van der Waals surface area contributed by atoms with Gasteiger partial charge in [0, 0.05) is 68.4 Å². The number of fused-ring (bicyclic) bond motifs is 3. The Morgan fingerprint density at radius 2 is 1.70 bits per heavy atom. The van der Waals surface area contributed by atoms with E-state index < -0.39 is 21.5 Å². The number of nitrogens with zero attached hydrogens (tertiary/aromatic N) is 8. The Hall–Kier alpha value is -4.93. The summed E-state index contributed by atoms with van der Waals surface area (Å²) in [6.07, 6.45) is 11.4. The predicted molar refractivity (Wildman–Crippen MR) is 232 cm³/mol. The fraction of sp³-hybridized carbons (Fsp3) is 0.556. The van der Waals surface area contributed by atoms with Gasteiger partial charge in [0.05, 0.1) is 15.8 Å². The van der Waals surface area contributed by atoms with Gasteiger partial charge in [0.25, 0.3) is 0 Å². The highest BCUT2D eigenvalue weighted by Gasteiger charge is 2.61. The Kier molecular flexibility index (Phi) is 10.2. The normalized spacial score (nSPS) is 24.7. The van der Waals surface area contributed by atoms with Crippen molar-refractivity contribution in [3.05, 3.63) is 65.4 Å². The smallest absolute Gasteiger partial charge is 0.329 e. The van der Waals surface area contributed by atoms with Crippen LogP contribution in [0.3, 0.4) is 0 Å². The van der Waals surface area contributed by atoms with Gasteiger partial charge in [0.2, 0.25) is 27.8 Å². The van der Waals surface area contributed by atoms with E-state index in [1.807, 2.05) is 42.4 Å². The van der Waals surface area contributed by atoms with E-state index in [-0.39, 0.29) is 36.4 Å². The molecule has 1 spiro atoms. The van der Waals surface area contributed by atoms with Gasteiger partial charge < -0.3 is 5.32 Å². The highest BCUT2D eigenvalue weighted by atomic mass is 32.2. The number of benzene rings is 2. The number of anilines is 3. The molecule has 15 nitrogen and oxygen atoms in total. The van der Waals surface area contributed by atoms with Crippen LogP contribution in [-0.2, 0) is 32.1 Å². The lowest BCUT2D eigenvalue weighted by Crippen LogP contribution is -2.49. The van der Waals surface area contributed by atoms with Crippen molar-refractivity contribution in [1.82, 2.24) is 34.3 Å². The standard InChI is InChI=1S/C45H56N10O5S/c1-28-6-4-8-34(24-28)55-41-37(45(17-18-45)42(55)57)27-46-43(49-41)47-33-14-21-53(22-15-33)61(59,60)35-9-5-7-31(25-35)29(2)52-19-12-30(13-20-52)32-10-11-36-38(26-32)51(3)50-40(36)54-23-16-39(56)48-44(54)58/h5,7,9-11,25-30,33-34H,4,6,8,12-24H2,1-3H3,(H,46,47,49)(H,48,56,58)/t28-,29+,34-/m1/s1. The first-order valence-electron chi connectivity index (χ1n) is 22.3. The Labute approximate surface area is 357 Å². The molecule has 0 radical (unpaired) electrons. The highest BCUT2D eigenvalue weighted by molar-refractivity contribution is 7.89. The number of carbonyl (C=O) groups excluding carboxylic acids is 3. The number of imide groups is 1. The topological polar surface area (TPSA) is 166 Å². The summed E-state index contributed by atoms with van der Waals surface area (Å²) in [4.78, 5) is 54.0. The lowest BCUT2D eigenvalue weighted by atomic mass is 9.86. The number of likely N-dealkylation sites (tertiary alicyclic amines) is 1. The number of amides is 4. The van der Waals surface area contributed by atoms with Crippen LogP contribution in [0.4, 0.5) is 22.4 Å². The number of nitrogens with one attached hydrogen (secondary N) is 2. The molecule has 2 aliphatic carbocycles. The Morgan fingerprint density at radius 3 is 2.44 bits per heavy atom. The Bertz CT molecular complexity index is 2510. The van der Waals surface area contributed by atoms with E-state index in [1.165, 1.54) is 16.9 Å². The minimum atomic E-state index is -3.70. The van der Waals surface area contributed by atoms with E-state index >= 15 is 0 Å². The highest BCUT2D eigenvalue weighted by Crippen LogP contribution is 2.58. The first kappa shape index (κ1) is 40.2. The molecule has 2 saturated carbocycles. The molecule has 3 atom stereocenters. The molecule has 6 heterocycles. The van der Waals surface area contributed by atoms with Gasteiger partial charge in [-0.3, -0.25) is 34.3 Å². The van der Waals surface area contributed by atoms with Crippen LogP contribution < -0.4 is 20.4 Å². The van der Waals surface area contributed by atoms with Crippen LogP contribution in [0.25, 0.3) is 10.9 Å². The van der Waals surface area contributed by atoms with E-state index in [9.17, 15) is 22.8 Å². The van der Waals surface area contributed by atoms with Crippen LogP contribution in [0.2, 0.25) is 0 Å². The molecule has 3 saturated heterocycles. The maximum Gasteiger partial charge on any atom is 0.329 e. The lowest BCUT2D eigenvalue weighted by Gasteiger charge is -2.36. The zero-order valence-electron chi connectivity index (χ0n) is 35.3. The van der Waals surface area contributed by atoms with Crippen molar-refractivity contribution in [2.45, 2.75) is 119 Å². The number of hydrogen-bond donors (Lipinski definition) is 2. The molecule has 4 amide bonds. The zero-order chi connectivity index (χ0) is 42.2. The first-order chi connectivity index (χ1) is 29.4. The molecule has 61 heavy (non-hydrogen) atoms. The van der Waals surface area contributed by atoms with Crippen molar-refractivity contribution in [2.75, 3.05) is 47.8 Å². The van der Waals surface area contributed by atoms with Gasteiger partial charge >= 0.3 is 6.03 Å². The first-order valence-corrected chi connectivity index (χ1v) is 23.7. The number of aromatic nitrogens is 4. The minimum Gasteiger partial charge on any atom is -0.351 e. The van der Waals surface area contributed by atoms with Crippen molar-refractivity contribution < 1.29 is 22.8 Å². The van der Waals surface area contributed by atoms with E-state index in [0.29, 0.717) is 61.0 Å². The van der Waals surface area contributed by atoms with Crippen LogP contribution in [0.5, 0.6) is 0 Å². The molecule has 2 aromatic carbocycles. The van der Waals surface area contributed by atoms with Gasteiger partial charge in [-0.2, -0.15) is 14.4 Å². The fourth-order valence-corrected chi connectivity index (χ4v) is 12.3. The molecule has 322 valence electrons. The summed E-state index contributed by atoms with van der Waals surface area (Å²) < 4.78 is 31.5. The quantitative estimate of drug-likeness (QED) is 0.205. The van der Waals surface area contributed by atoms with Crippen LogP contribution in [-0.4, -0.2) is 100 Å². The molecule has 0 bridgehead atoms. The molecule has 2 N–H and O–H groups in total. The Balaban J connectivity index is 0.755. The number of rotatable bonds is 9. The van der Waals surface area contributed by atoms with Gasteiger partial charge in [-0.05, 0) is 119 Å². The third kappa shape index (κ3) is 7.17. The number of urea groups is 1. The summed E-state index contributed by atoms with van der Waals surface area (Å²) in [5.41, 5.74) is 3.72. The molecule has 4 aromatic rings. The summed E-state index contributed by atoms with van der Waals surface area (Å²) in [6.45, 7) is 7.29. The summed E-state index contributed by atoms with van der Waals surface area (Å²) in [5.74, 6) is 2.74. The summed E-state index contributed by atoms with van der Waals surface area (Å²) in [6, 6.07) is 13.6. The van der Waals surface area contributed by atoms with Crippen molar-refractivity contribution >= 4 is 56.4 Å². The van der Waals surface area contributed by atoms with Gasteiger partial charge in [0.15, 0.2) is 5.82 Å². The van der Waals surface area contributed by atoms with E-state index in [2.05, 4.69) is 51.6 Å². The van der Waals surface area contributed by atoms with Gasteiger partial charge in [0.1, 0.15) is 5.82 Å². The Morgan fingerprint density at radius 1 is 0.918 bits per heavy atom. The second-order valence-electron chi connectivity index (χ2n) is 18.5. The van der Waals surface area contributed by atoms with Crippen LogP contribution in [0.15, 0.2) is 53.6 Å². The molecular weight excluding hydrogens is 793 g/mol. The number of hydrogen-bond acceptors (Lipinski definition) is 10. The number of sulfonamides is 1. The molecular formula is C45H56N10O5S. The minimum absolute atomic E-state index is 0.0216. The number of carbonyl (C=O) groups is 3. The van der Waals surface area contributed by atoms with Crippen LogP contribution in [0.1, 0.15) is 113 Å². The molecule has 10 rings (SSSR count). The maximum absolute atomic E-state index is 14.1. The molecule has 0 unspecified atom stereocenters. The van der Waals surface area contributed by atoms with E-state index in [4.69, 9.17) is 4.98 Å². The largest absolute Gasteiger partial charge is 0.351 e. The summed E-state index contributed by atoms with van der Waals surface area (Å²) in [7, 11) is -1.82. The molecule has 5 fully saturated rings. The molecule has 4 aliphatic heterocycles. The second kappa shape index (κ2) is 15.5. The third-order valence-corrected chi connectivity index (χ3v) is 16.5. The SMILES string of the molecule is C[C@@H]1CCC[C@@H](N2C(=O)C3(CC3)c3cnc(NC4CCN(S(=O)(=O)c5cccc([C@H](C)N6CCC(c7ccc8c(N9CCC(=O)NC9=O)nn(C)c8c7)CC6)c5)CC4)nc32)C1. The van der Waals surface area contributed by atoms with E-state index in [1.54, 1.807) is 15.1 Å². The van der Waals surface area contributed by atoms with E-state index in [0.717, 1.165) is 85.9 Å². The van der Waals surface area contributed by atoms with Gasteiger partial charge in [-0.15, -0.1) is 0 Å². The average molecular weight is 849 g/mol. The van der Waals surface area contributed by atoms with Crippen molar-refractivity contribution in [1.29, 1.82) is 0 Å². The summed E-state index contributed by atoms with van der Waals surface area (Å²) >= 11 is 0. The van der Waals surface area contributed by atoms with Gasteiger partial charge in [-0.1, -0.05) is 38.0 Å². The average Bonchev–Trinajstić information content (AvgIpc) is 3.96. The van der Waals surface area contributed by atoms with Gasteiger partial charge in [-0.25, -0.2) is 18.2 Å². The fourth-order valence-electron chi connectivity index (χ4n) is 10.8. The zero-order valence-corrected chi connectivity index (χ0v) is 36.2. The predicted octanol–water partition coefficient (Wildman–Crippen LogP) is 5.97. The molecule has 6 aliphatic rings. The third-order valence-electron chi connectivity index (χ3n) is 14.6. The van der Waals surface area contributed by atoms with Crippen LogP contribution in [0, 0.1) is 5.92 Å². The lowest BCUT2D eigenvalue weighted by molar-refractivity contribution is -0.121. The molecule has 2 aromatic heterocycles. The van der Waals surface area contributed by atoms with Crippen molar-refractivity contribution in [2.24, 2.45) is 13.0 Å². The summed E-state index contributed by atoms with van der Waals surface area (Å²) in [5, 5.41) is 11.4. The van der Waals surface area contributed by atoms with Crippen molar-refractivity contribution in [3.8, 4) is 0 Å². The number of piperidine rings is 2. The van der Waals surface area contributed by atoms with Crippen molar-refractivity contribution in [3.63, 3.8) is 0 Å².